The number of hydrogen-bond donors (Lipinski definition) is 1. The number of nitrogens with zero attached hydrogens (tertiary/aromatic N) is 1. The Morgan fingerprint density at radius 2 is 2.11 bits per heavy atom. The number of rotatable bonds is 5. The van der Waals surface area contributed by atoms with Gasteiger partial charge in [-0.05, 0) is 12.1 Å². The maximum absolute atomic E-state index is 11.2. The van der Waals surface area contributed by atoms with Gasteiger partial charge in [0.25, 0.3) is 0 Å². The Balaban J connectivity index is 3.21. The Morgan fingerprint density at radius 1 is 1.50 bits per heavy atom. The fraction of sp³-hybridized carbons (Fsp3) is 0.222. The molecule has 0 saturated heterocycles. The zero-order chi connectivity index (χ0) is 13.9. The molecule has 0 amide bonds. The number of ether oxygens (including phenoxy) is 1. The van der Waals surface area contributed by atoms with Crippen molar-refractivity contribution in [2.24, 2.45) is 0 Å². The normalized spacial score (nSPS) is 10.9. The van der Waals surface area contributed by atoms with Gasteiger partial charge in [0.1, 0.15) is 0 Å². The molecule has 1 rings (SSSR count). The second kappa shape index (κ2) is 5.00. The van der Waals surface area contributed by atoms with Gasteiger partial charge in [0.15, 0.2) is 22.2 Å². The smallest absolute Gasteiger partial charge is 0.341 e. The molecular formula is C9H9NO7S. The van der Waals surface area contributed by atoms with E-state index in [0.717, 1.165) is 24.5 Å². The van der Waals surface area contributed by atoms with Crippen molar-refractivity contribution < 1.29 is 28.0 Å². The molecule has 0 fully saturated rings. The van der Waals surface area contributed by atoms with E-state index in [-0.39, 0.29) is 10.6 Å². The van der Waals surface area contributed by atoms with E-state index in [9.17, 15) is 23.3 Å². The van der Waals surface area contributed by atoms with Crippen LogP contribution in [0.1, 0.15) is 0 Å². The van der Waals surface area contributed by atoms with Crippen molar-refractivity contribution >= 4 is 21.5 Å². The zero-order valence-electron chi connectivity index (χ0n) is 9.19. The number of nitro benzene ring substituents is 1. The van der Waals surface area contributed by atoms with E-state index in [0.29, 0.717) is 0 Å². The Labute approximate surface area is 102 Å². The van der Waals surface area contributed by atoms with Gasteiger partial charge in [-0.15, -0.1) is 0 Å². The fourth-order valence-electron chi connectivity index (χ4n) is 1.13. The van der Waals surface area contributed by atoms with E-state index in [1.807, 2.05) is 0 Å². The molecule has 0 heterocycles. The van der Waals surface area contributed by atoms with Gasteiger partial charge < -0.3 is 9.84 Å². The predicted molar refractivity (Wildman–Crippen MR) is 59.3 cm³/mol. The Hall–Kier alpha value is -2.16. The Morgan fingerprint density at radius 3 is 2.56 bits per heavy atom. The van der Waals surface area contributed by atoms with E-state index in [1.165, 1.54) is 0 Å². The number of carbonyl (C=O) groups is 1. The molecule has 0 unspecified atom stereocenters. The predicted octanol–water partition coefficient (Wildman–Crippen LogP) is 0.462. The van der Waals surface area contributed by atoms with Gasteiger partial charge in [-0.2, -0.15) is 0 Å². The number of aliphatic carboxylic acids is 1. The summed E-state index contributed by atoms with van der Waals surface area (Å²) in [7, 11) is -3.58. The quantitative estimate of drug-likeness (QED) is 0.611. The fourth-order valence-corrected chi connectivity index (χ4v) is 1.77. The summed E-state index contributed by atoms with van der Waals surface area (Å²) < 4.78 is 27.1. The first-order valence-corrected chi connectivity index (χ1v) is 6.44. The van der Waals surface area contributed by atoms with Gasteiger partial charge >= 0.3 is 11.7 Å². The van der Waals surface area contributed by atoms with Crippen LogP contribution in [0, 0.1) is 10.1 Å². The van der Waals surface area contributed by atoms with Gasteiger partial charge in [0.05, 0.1) is 9.82 Å². The van der Waals surface area contributed by atoms with Gasteiger partial charge in [-0.25, -0.2) is 13.2 Å². The van der Waals surface area contributed by atoms with Gasteiger partial charge in [0, 0.05) is 12.3 Å². The standard InChI is InChI=1S/C9H9NO7S/c1-18(15,16)6-2-3-8(17-5-9(11)12)7(4-6)10(13)14/h2-4H,5H2,1H3,(H,11,12). The molecule has 0 bridgehead atoms. The van der Waals surface area contributed by atoms with Gasteiger partial charge in [-0.3, -0.25) is 10.1 Å². The summed E-state index contributed by atoms with van der Waals surface area (Å²) >= 11 is 0. The molecule has 8 nitrogen and oxygen atoms in total. The van der Waals surface area contributed by atoms with Gasteiger partial charge in [0.2, 0.25) is 0 Å². The molecule has 0 atom stereocenters. The van der Waals surface area contributed by atoms with Crippen LogP contribution in [0.5, 0.6) is 5.75 Å². The largest absolute Gasteiger partial charge is 0.479 e. The highest BCUT2D eigenvalue weighted by molar-refractivity contribution is 7.90. The van der Waals surface area contributed by atoms with Gasteiger partial charge in [-0.1, -0.05) is 0 Å². The number of nitro groups is 1. The van der Waals surface area contributed by atoms with E-state index in [4.69, 9.17) is 9.84 Å². The average Bonchev–Trinajstić information content (AvgIpc) is 2.24. The van der Waals surface area contributed by atoms with Crippen LogP contribution >= 0.6 is 0 Å². The summed E-state index contributed by atoms with van der Waals surface area (Å²) in [5.41, 5.74) is -0.598. The van der Waals surface area contributed by atoms with Crippen molar-refractivity contribution in [1.82, 2.24) is 0 Å². The van der Waals surface area contributed by atoms with E-state index in [1.54, 1.807) is 0 Å². The minimum atomic E-state index is -3.58. The van der Waals surface area contributed by atoms with E-state index < -0.39 is 33.0 Å². The maximum Gasteiger partial charge on any atom is 0.341 e. The van der Waals surface area contributed by atoms with Crippen molar-refractivity contribution in [3.63, 3.8) is 0 Å². The molecule has 1 aromatic rings. The third-order valence-corrected chi connectivity index (χ3v) is 3.02. The molecule has 1 N–H and O–H groups in total. The summed E-state index contributed by atoms with van der Waals surface area (Å²) in [6.45, 7) is -0.751. The number of hydrogen-bond acceptors (Lipinski definition) is 6. The molecular weight excluding hydrogens is 266 g/mol. The van der Waals surface area contributed by atoms with Crippen LogP contribution in [0.4, 0.5) is 5.69 Å². The summed E-state index contributed by atoms with van der Waals surface area (Å²) in [6.07, 6.45) is 0.907. The zero-order valence-corrected chi connectivity index (χ0v) is 10.0. The van der Waals surface area contributed by atoms with Crippen LogP contribution in [-0.4, -0.2) is 37.3 Å². The average molecular weight is 275 g/mol. The monoisotopic (exact) mass is 275 g/mol. The Kier molecular flexibility index (Phi) is 3.86. The highest BCUT2D eigenvalue weighted by atomic mass is 32.2. The first kappa shape index (κ1) is 13.9. The van der Waals surface area contributed by atoms with Crippen molar-refractivity contribution in [3.05, 3.63) is 28.3 Å². The number of carboxylic acids is 1. The third-order valence-electron chi connectivity index (χ3n) is 1.91. The number of benzene rings is 1. The summed E-state index contributed by atoms with van der Waals surface area (Å²) in [4.78, 5) is 19.9. The minimum absolute atomic E-state index is 0.239. The molecule has 0 aliphatic heterocycles. The molecule has 98 valence electrons. The van der Waals surface area contributed by atoms with Crippen molar-refractivity contribution in [2.75, 3.05) is 12.9 Å². The molecule has 9 heteroatoms. The van der Waals surface area contributed by atoms with Crippen LogP contribution in [0.3, 0.4) is 0 Å². The highest BCUT2D eigenvalue weighted by Gasteiger charge is 2.20. The lowest BCUT2D eigenvalue weighted by atomic mass is 10.3. The molecule has 0 saturated carbocycles. The lowest BCUT2D eigenvalue weighted by Crippen LogP contribution is -2.10. The lowest BCUT2D eigenvalue weighted by Gasteiger charge is -2.05. The first-order valence-electron chi connectivity index (χ1n) is 4.55. The molecule has 18 heavy (non-hydrogen) atoms. The molecule has 0 aliphatic carbocycles. The summed E-state index contributed by atoms with van der Waals surface area (Å²) in [5, 5.41) is 19.1. The number of carboxylic acid groups (broad SMARTS) is 1. The summed E-state index contributed by atoms with van der Waals surface area (Å²) in [6, 6.07) is 2.99. The molecule has 1 aromatic carbocycles. The van der Waals surface area contributed by atoms with Crippen LogP contribution in [-0.2, 0) is 14.6 Å². The van der Waals surface area contributed by atoms with Crippen LogP contribution < -0.4 is 4.74 Å². The molecule has 0 aromatic heterocycles. The molecule has 0 radical (unpaired) electrons. The highest BCUT2D eigenvalue weighted by Crippen LogP contribution is 2.29. The third kappa shape index (κ3) is 3.42. The van der Waals surface area contributed by atoms with Crippen molar-refractivity contribution in [3.8, 4) is 5.75 Å². The SMILES string of the molecule is CS(=O)(=O)c1ccc(OCC(=O)O)c([N+](=O)[O-])c1. The second-order valence-electron chi connectivity index (χ2n) is 3.34. The summed E-state index contributed by atoms with van der Waals surface area (Å²) in [5.74, 6) is -1.59. The Bertz CT molecular complexity index is 593. The lowest BCUT2D eigenvalue weighted by molar-refractivity contribution is -0.386. The topological polar surface area (TPSA) is 124 Å². The second-order valence-corrected chi connectivity index (χ2v) is 5.36. The van der Waals surface area contributed by atoms with Crippen LogP contribution in [0.15, 0.2) is 23.1 Å². The molecule has 0 spiro atoms. The first-order chi connectivity index (χ1) is 8.21. The molecule has 0 aliphatic rings. The minimum Gasteiger partial charge on any atom is -0.479 e. The van der Waals surface area contributed by atoms with E-state index in [2.05, 4.69) is 0 Å². The maximum atomic E-state index is 11.2. The van der Waals surface area contributed by atoms with Crippen LogP contribution in [0.25, 0.3) is 0 Å². The van der Waals surface area contributed by atoms with Crippen molar-refractivity contribution in [2.45, 2.75) is 4.90 Å². The number of sulfone groups is 1. The van der Waals surface area contributed by atoms with Crippen LogP contribution in [0.2, 0.25) is 0 Å². The van der Waals surface area contributed by atoms with E-state index >= 15 is 0 Å². The van der Waals surface area contributed by atoms with Crippen molar-refractivity contribution in [1.29, 1.82) is 0 Å².